The summed E-state index contributed by atoms with van der Waals surface area (Å²) in [5.74, 6) is 5.76. The first-order valence-corrected chi connectivity index (χ1v) is 11.1. The van der Waals surface area contributed by atoms with E-state index in [1.54, 1.807) is 54.6 Å². The van der Waals surface area contributed by atoms with Crippen LogP contribution in [0.25, 0.3) is 5.70 Å². The molecule has 0 aliphatic heterocycles. The Balaban J connectivity index is 1.51. The van der Waals surface area contributed by atoms with Crippen molar-refractivity contribution in [2.24, 2.45) is 7.05 Å². The molecule has 0 unspecified atom stereocenters. The fourth-order valence-electron chi connectivity index (χ4n) is 3.33. The normalized spacial score (nSPS) is 11.4. The van der Waals surface area contributed by atoms with E-state index in [0.29, 0.717) is 34.5 Å². The first-order valence-electron chi connectivity index (χ1n) is 11.1. The number of aromatic amines is 1. The first kappa shape index (κ1) is 25.9. The van der Waals surface area contributed by atoms with Crippen molar-refractivity contribution in [2.75, 3.05) is 10.6 Å². The number of H-pyrrole nitrogens is 1. The quantitative estimate of drug-likeness (QED) is 0.219. The van der Waals surface area contributed by atoms with E-state index in [-0.39, 0.29) is 5.56 Å². The van der Waals surface area contributed by atoms with Gasteiger partial charge in [0.2, 0.25) is 0 Å². The smallest absolute Gasteiger partial charge is 0.350 e. The van der Waals surface area contributed by atoms with Gasteiger partial charge in [-0.2, -0.15) is 18.3 Å². The van der Waals surface area contributed by atoms with Crippen LogP contribution in [0.1, 0.15) is 38.7 Å². The molecule has 1 aromatic carbocycles. The number of alkyl halides is 3. The zero-order valence-electron chi connectivity index (χ0n) is 20.2. The monoisotopic (exact) mass is 518 g/mol. The maximum absolute atomic E-state index is 12.9. The van der Waals surface area contributed by atoms with Gasteiger partial charge in [-0.1, -0.05) is 12.0 Å². The van der Waals surface area contributed by atoms with Gasteiger partial charge in [-0.05, 0) is 48.7 Å². The molecule has 0 spiro atoms. The molecule has 1 amide bonds. The molecule has 0 radical (unpaired) electrons. The molecular formula is C26H21F3N8O. The summed E-state index contributed by atoms with van der Waals surface area (Å²) in [6.07, 6.45) is 3.93. The van der Waals surface area contributed by atoms with Crippen molar-refractivity contribution in [3.63, 3.8) is 0 Å². The number of hydrogen-bond donors (Lipinski definition) is 4. The highest BCUT2D eigenvalue weighted by molar-refractivity contribution is 6.04. The second-order valence-electron chi connectivity index (χ2n) is 8.08. The predicted molar refractivity (Wildman–Crippen MR) is 137 cm³/mol. The summed E-state index contributed by atoms with van der Waals surface area (Å²) in [5.41, 5.74) is 2.28. The van der Waals surface area contributed by atoms with Gasteiger partial charge in [-0.15, -0.1) is 0 Å². The largest absolute Gasteiger partial charge is 0.433 e. The van der Waals surface area contributed by atoms with E-state index in [2.05, 4.69) is 42.5 Å². The number of halogens is 3. The van der Waals surface area contributed by atoms with E-state index >= 15 is 0 Å². The number of allylic oxidation sites excluding steroid dienone is 1. The summed E-state index contributed by atoms with van der Waals surface area (Å²) in [6, 6.07) is 6.92. The van der Waals surface area contributed by atoms with Crippen LogP contribution in [0.4, 0.5) is 24.5 Å². The van der Waals surface area contributed by atoms with E-state index in [4.69, 9.17) is 5.41 Å². The zero-order valence-corrected chi connectivity index (χ0v) is 20.2. The molecular weight excluding hydrogens is 497 g/mol. The van der Waals surface area contributed by atoms with Gasteiger partial charge in [0.05, 0.1) is 23.8 Å². The molecule has 4 N–H and O–H groups in total. The number of rotatable bonds is 6. The van der Waals surface area contributed by atoms with Crippen LogP contribution < -0.4 is 10.6 Å². The van der Waals surface area contributed by atoms with Crippen molar-refractivity contribution in [2.45, 2.75) is 13.1 Å². The van der Waals surface area contributed by atoms with Gasteiger partial charge in [0, 0.05) is 42.5 Å². The van der Waals surface area contributed by atoms with Crippen LogP contribution >= 0.6 is 0 Å². The lowest BCUT2D eigenvalue weighted by molar-refractivity contribution is -0.141. The lowest BCUT2D eigenvalue weighted by Gasteiger charge is -2.09. The van der Waals surface area contributed by atoms with Crippen LogP contribution in [-0.2, 0) is 13.2 Å². The second-order valence-corrected chi connectivity index (χ2v) is 8.08. The molecule has 38 heavy (non-hydrogen) atoms. The molecule has 0 aliphatic carbocycles. The number of carbonyl (C=O) groups is 1. The summed E-state index contributed by atoms with van der Waals surface area (Å²) in [4.78, 5) is 23.2. The predicted octanol–water partition coefficient (Wildman–Crippen LogP) is 4.62. The summed E-state index contributed by atoms with van der Waals surface area (Å²) in [6.45, 7) is 1.84. The van der Waals surface area contributed by atoms with E-state index in [1.165, 1.54) is 6.07 Å². The molecule has 4 rings (SSSR count). The molecule has 0 atom stereocenters. The summed E-state index contributed by atoms with van der Waals surface area (Å²) >= 11 is 0. The van der Waals surface area contributed by atoms with Crippen molar-refractivity contribution in [1.29, 1.82) is 5.41 Å². The highest BCUT2D eigenvalue weighted by Gasteiger charge is 2.33. The standard InChI is InChI=1S/C26H21F3N8O/c1-16-3-5-19(36-25(38)18-8-10-31-23(12-18)26(27,28)29)11-17(16)4-6-20-13-32-24(35-20)22(7-9-30)34-21-14-33-37(2)15-21/h3,5,7-15,30,34H,1-2H3,(H,32,35)(H,36,38)/b22-7+,30-9?. The Labute approximate surface area is 215 Å². The fourth-order valence-corrected chi connectivity index (χ4v) is 3.33. The molecule has 0 bridgehead atoms. The maximum Gasteiger partial charge on any atom is 0.433 e. The Kier molecular flexibility index (Phi) is 7.38. The van der Waals surface area contributed by atoms with Crippen molar-refractivity contribution in [3.8, 4) is 11.8 Å². The second kappa shape index (κ2) is 10.8. The van der Waals surface area contributed by atoms with Crippen LogP contribution in [-0.4, -0.2) is 36.9 Å². The van der Waals surface area contributed by atoms with Crippen LogP contribution in [0, 0.1) is 24.2 Å². The molecule has 12 heteroatoms. The van der Waals surface area contributed by atoms with Crippen LogP contribution in [0.2, 0.25) is 0 Å². The van der Waals surface area contributed by atoms with Gasteiger partial charge in [0.25, 0.3) is 5.91 Å². The van der Waals surface area contributed by atoms with Gasteiger partial charge >= 0.3 is 6.18 Å². The van der Waals surface area contributed by atoms with Crippen LogP contribution in [0.5, 0.6) is 0 Å². The number of anilines is 2. The van der Waals surface area contributed by atoms with Crippen LogP contribution in [0.3, 0.4) is 0 Å². The summed E-state index contributed by atoms with van der Waals surface area (Å²) in [7, 11) is 1.79. The molecule has 3 aromatic heterocycles. The minimum Gasteiger partial charge on any atom is -0.350 e. The van der Waals surface area contributed by atoms with Gasteiger partial charge in [-0.25, -0.2) is 4.98 Å². The topological polar surface area (TPSA) is 124 Å². The Morgan fingerprint density at radius 2 is 1.92 bits per heavy atom. The van der Waals surface area contributed by atoms with Crippen molar-refractivity contribution < 1.29 is 18.0 Å². The number of aromatic nitrogens is 5. The number of nitrogens with zero attached hydrogens (tertiary/aromatic N) is 4. The van der Waals surface area contributed by atoms with Gasteiger partial charge < -0.3 is 21.0 Å². The summed E-state index contributed by atoms with van der Waals surface area (Å²) < 4.78 is 40.4. The minimum atomic E-state index is -4.65. The molecule has 0 saturated heterocycles. The number of carbonyl (C=O) groups excluding carboxylic acids is 1. The van der Waals surface area contributed by atoms with Crippen molar-refractivity contribution >= 4 is 29.2 Å². The van der Waals surface area contributed by atoms with Gasteiger partial charge in [-0.3, -0.25) is 14.5 Å². The molecule has 3 heterocycles. The lowest BCUT2D eigenvalue weighted by atomic mass is 10.1. The number of benzene rings is 1. The van der Waals surface area contributed by atoms with Crippen LogP contribution in [0.15, 0.2) is 61.2 Å². The highest BCUT2D eigenvalue weighted by atomic mass is 19.4. The molecule has 4 aromatic rings. The van der Waals surface area contributed by atoms with Crippen molar-refractivity contribution in [1.82, 2.24) is 24.7 Å². The highest BCUT2D eigenvalue weighted by Crippen LogP contribution is 2.28. The Morgan fingerprint density at radius 1 is 1.11 bits per heavy atom. The lowest BCUT2D eigenvalue weighted by Crippen LogP contribution is -2.15. The molecule has 9 nitrogen and oxygen atoms in total. The third kappa shape index (κ3) is 6.33. The molecule has 0 saturated carbocycles. The average molecular weight is 519 g/mol. The Hall–Kier alpha value is -5.18. The Bertz CT molecular complexity index is 1590. The minimum absolute atomic E-state index is 0.167. The first-order chi connectivity index (χ1) is 18.1. The average Bonchev–Trinajstić information content (AvgIpc) is 3.52. The zero-order chi connectivity index (χ0) is 27.3. The number of nitrogens with one attached hydrogen (secondary N) is 4. The molecule has 0 aliphatic rings. The number of pyridine rings is 1. The molecule has 192 valence electrons. The molecule has 0 fully saturated rings. The van der Waals surface area contributed by atoms with E-state index in [0.717, 1.165) is 23.7 Å². The number of aryl methyl sites for hydroxylation is 2. The summed E-state index contributed by atoms with van der Waals surface area (Å²) in [5, 5.41) is 17.3. The van der Waals surface area contributed by atoms with Crippen molar-refractivity contribution in [3.05, 3.63) is 95.1 Å². The third-order valence-electron chi connectivity index (χ3n) is 5.20. The Morgan fingerprint density at radius 3 is 2.63 bits per heavy atom. The van der Waals surface area contributed by atoms with Gasteiger partial charge in [0.1, 0.15) is 11.4 Å². The number of imidazole rings is 1. The maximum atomic E-state index is 12.9. The SMILES string of the molecule is Cc1ccc(NC(=O)c2ccnc(C(F)(F)F)c2)cc1C#Cc1cnc(/C(=C\C=N)Nc2cnn(C)c2)[nH]1. The van der Waals surface area contributed by atoms with E-state index in [9.17, 15) is 18.0 Å². The van der Waals surface area contributed by atoms with E-state index < -0.39 is 17.8 Å². The number of amides is 1. The number of hydrogen-bond acceptors (Lipinski definition) is 6. The fraction of sp³-hybridized carbons (Fsp3) is 0.115. The van der Waals surface area contributed by atoms with Gasteiger partial charge in [0.15, 0.2) is 5.82 Å². The van der Waals surface area contributed by atoms with E-state index in [1.807, 2.05) is 6.92 Å². The third-order valence-corrected chi connectivity index (χ3v) is 5.20.